The van der Waals surface area contributed by atoms with Crippen LogP contribution in [0.1, 0.15) is 5.89 Å². The number of rotatable bonds is 0. The molecule has 8 heavy (non-hydrogen) atoms. The van der Waals surface area contributed by atoms with Gasteiger partial charge in [-0.15, -0.1) is 0 Å². The Morgan fingerprint density at radius 1 is 1.88 bits per heavy atom. The highest BCUT2D eigenvalue weighted by atomic mass is 16.5. The van der Waals surface area contributed by atoms with Gasteiger partial charge in [0.1, 0.15) is 0 Å². The summed E-state index contributed by atoms with van der Waals surface area (Å²) in [7, 11) is 0. The van der Waals surface area contributed by atoms with E-state index in [9.17, 15) is 0 Å². The highest BCUT2D eigenvalue weighted by Crippen LogP contribution is 1.77. The second-order valence-electron chi connectivity index (χ2n) is 1.26. The zero-order chi connectivity index (χ0) is 5.98. The predicted octanol–water partition coefficient (Wildman–Crippen LogP) is -0.399. The molecule has 0 aromatic carbocycles. The van der Waals surface area contributed by atoms with Crippen LogP contribution in [-0.2, 0) is 0 Å². The minimum atomic E-state index is 0.0856. The molecule has 0 saturated carbocycles. The van der Waals surface area contributed by atoms with Crippen molar-refractivity contribution in [3.8, 4) is 0 Å². The monoisotopic (exact) mass is 115 g/mol. The van der Waals surface area contributed by atoms with Crippen molar-refractivity contribution < 1.29 is 9.73 Å². The van der Waals surface area contributed by atoms with Gasteiger partial charge in [0.15, 0.2) is 0 Å². The number of hydrogen-bond donors (Lipinski definition) is 2. The van der Waals surface area contributed by atoms with Crippen LogP contribution in [0.5, 0.6) is 0 Å². The number of nitrogens with one attached hydrogen (secondary N) is 1. The normalized spacial score (nSPS) is 12.4. The van der Waals surface area contributed by atoms with Gasteiger partial charge in [-0.25, -0.2) is 0 Å². The maximum Gasteiger partial charge on any atom is 0.295 e. The number of nitrogens with zero attached hydrogens (tertiary/aromatic N) is 2. The summed E-state index contributed by atoms with van der Waals surface area (Å²) >= 11 is 0. The molecule has 0 aliphatic rings. The van der Waals surface area contributed by atoms with Gasteiger partial charge in [0, 0.05) is 6.92 Å². The van der Waals surface area contributed by atoms with Gasteiger partial charge in [-0.05, 0) is 5.16 Å². The van der Waals surface area contributed by atoms with Crippen molar-refractivity contribution in [1.29, 1.82) is 0 Å². The fourth-order valence-corrected chi connectivity index (χ4v) is 0.357. The standard InChI is InChI=1S/C3H5N3O2/c1-2-4-3(5-7)6-8-2/h7H,1H3,(H,5,6). The lowest BCUT2D eigenvalue weighted by Crippen LogP contribution is -2.03. The van der Waals surface area contributed by atoms with Crippen LogP contribution in [0.4, 0.5) is 0 Å². The van der Waals surface area contributed by atoms with Crippen LogP contribution in [-0.4, -0.2) is 15.3 Å². The van der Waals surface area contributed by atoms with E-state index in [1.807, 2.05) is 0 Å². The van der Waals surface area contributed by atoms with E-state index in [-0.39, 0.29) is 5.62 Å². The van der Waals surface area contributed by atoms with E-state index >= 15 is 0 Å². The second-order valence-corrected chi connectivity index (χ2v) is 1.26. The Morgan fingerprint density at radius 2 is 2.62 bits per heavy atom. The molecule has 0 saturated heterocycles. The first-order valence-electron chi connectivity index (χ1n) is 2.03. The summed E-state index contributed by atoms with van der Waals surface area (Å²) < 4.78 is 4.57. The third-order valence-corrected chi connectivity index (χ3v) is 0.648. The van der Waals surface area contributed by atoms with E-state index in [4.69, 9.17) is 5.21 Å². The first kappa shape index (κ1) is 4.89. The Bertz CT molecular complexity index is 222. The first-order valence-corrected chi connectivity index (χ1v) is 2.03. The summed E-state index contributed by atoms with van der Waals surface area (Å²) in [6.07, 6.45) is 0. The highest BCUT2D eigenvalue weighted by Gasteiger charge is 1.87. The van der Waals surface area contributed by atoms with Gasteiger partial charge in [0.25, 0.3) is 5.62 Å². The fraction of sp³-hybridized carbons (Fsp3) is 0.333. The molecule has 0 radical (unpaired) electrons. The molecule has 0 aliphatic carbocycles. The largest absolute Gasteiger partial charge is 0.408 e. The lowest BCUT2D eigenvalue weighted by atomic mass is 10.8. The topological polar surface area (TPSA) is 74.4 Å². The van der Waals surface area contributed by atoms with Crippen LogP contribution in [0.2, 0.25) is 0 Å². The molecule has 0 spiro atoms. The number of aromatic nitrogens is 2. The SMILES string of the molecule is Cc1n/c(=N/O)[nH]o1. The molecule has 0 bridgehead atoms. The molecule has 5 nitrogen and oxygen atoms in total. The average molecular weight is 115 g/mol. The van der Waals surface area contributed by atoms with Gasteiger partial charge >= 0.3 is 0 Å². The van der Waals surface area contributed by atoms with Crippen molar-refractivity contribution in [2.75, 3.05) is 0 Å². The highest BCUT2D eigenvalue weighted by molar-refractivity contribution is 4.63. The van der Waals surface area contributed by atoms with Gasteiger partial charge in [0.05, 0.1) is 0 Å². The fourth-order valence-electron chi connectivity index (χ4n) is 0.357. The van der Waals surface area contributed by atoms with E-state index in [0.29, 0.717) is 5.89 Å². The molecule has 2 N–H and O–H groups in total. The van der Waals surface area contributed by atoms with Gasteiger partial charge in [-0.2, -0.15) is 10.1 Å². The molecular formula is C3H5N3O2. The third kappa shape index (κ3) is 0.699. The van der Waals surface area contributed by atoms with Crippen LogP contribution in [0.3, 0.4) is 0 Å². The van der Waals surface area contributed by atoms with Crippen molar-refractivity contribution in [3.05, 3.63) is 11.5 Å². The Hall–Kier alpha value is -1.26. The van der Waals surface area contributed by atoms with E-state index < -0.39 is 0 Å². The minimum Gasteiger partial charge on any atom is -0.408 e. The smallest absolute Gasteiger partial charge is 0.295 e. The molecule has 1 aromatic rings. The molecule has 1 aromatic heterocycles. The van der Waals surface area contributed by atoms with Crippen LogP contribution < -0.4 is 5.62 Å². The van der Waals surface area contributed by atoms with E-state index in [2.05, 4.69) is 19.8 Å². The molecule has 0 fully saturated rings. The van der Waals surface area contributed by atoms with Gasteiger partial charge in [0.2, 0.25) is 5.89 Å². The summed E-state index contributed by atoms with van der Waals surface area (Å²) in [5, 5.41) is 13.0. The summed E-state index contributed by atoms with van der Waals surface area (Å²) in [4.78, 5) is 3.59. The summed E-state index contributed by atoms with van der Waals surface area (Å²) in [5.41, 5.74) is 0.0856. The maximum atomic E-state index is 8.02. The maximum absolute atomic E-state index is 8.02. The molecule has 0 atom stereocenters. The molecule has 1 rings (SSSR count). The number of aromatic amines is 1. The lowest BCUT2D eigenvalue weighted by molar-refractivity contribution is 0.287. The third-order valence-electron chi connectivity index (χ3n) is 0.648. The van der Waals surface area contributed by atoms with Crippen molar-refractivity contribution in [2.45, 2.75) is 6.92 Å². The summed E-state index contributed by atoms with van der Waals surface area (Å²) in [6, 6.07) is 0. The van der Waals surface area contributed by atoms with Crippen LogP contribution in [0.15, 0.2) is 9.68 Å². The Labute approximate surface area is 44.6 Å². The quantitative estimate of drug-likeness (QED) is 0.357. The van der Waals surface area contributed by atoms with Crippen molar-refractivity contribution in [1.82, 2.24) is 10.1 Å². The van der Waals surface area contributed by atoms with Gasteiger partial charge in [-0.1, -0.05) is 0 Å². The first-order chi connectivity index (χ1) is 3.83. The molecule has 5 heteroatoms. The zero-order valence-corrected chi connectivity index (χ0v) is 4.25. The Morgan fingerprint density at radius 3 is 2.88 bits per heavy atom. The van der Waals surface area contributed by atoms with Crippen LogP contribution >= 0.6 is 0 Å². The molecule has 0 aliphatic heterocycles. The molecule has 1 heterocycles. The van der Waals surface area contributed by atoms with E-state index in [1.54, 1.807) is 6.92 Å². The van der Waals surface area contributed by atoms with E-state index in [0.717, 1.165) is 0 Å². The van der Waals surface area contributed by atoms with E-state index in [1.165, 1.54) is 0 Å². The molecular weight excluding hydrogens is 110 g/mol. The lowest BCUT2D eigenvalue weighted by Gasteiger charge is -1.64. The van der Waals surface area contributed by atoms with Crippen molar-refractivity contribution in [3.63, 3.8) is 0 Å². The average Bonchev–Trinajstić information content (AvgIpc) is 2.14. The van der Waals surface area contributed by atoms with Crippen molar-refractivity contribution >= 4 is 0 Å². The van der Waals surface area contributed by atoms with Gasteiger partial charge < -0.3 is 9.73 Å². The molecule has 44 valence electrons. The zero-order valence-electron chi connectivity index (χ0n) is 4.25. The van der Waals surface area contributed by atoms with Crippen LogP contribution in [0, 0.1) is 6.92 Å². The van der Waals surface area contributed by atoms with Crippen LogP contribution in [0.25, 0.3) is 0 Å². The van der Waals surface area contributed by atoms with Crippen molar-refractivity contribution in [2.24, 2.45) is 5.16 Å². The number of H-pyrrole nitrogens is 1. The molecule has 0 unspecified atom stereocenters. The second kappa shape index (κ2) is 1.69. The molecule has 0 amide bonds. The number of aryl methyl sites for hydroxylation is 1. The summed E-state index contributed by atoms with van der Waals surface area (Å²) in [5.74, 6) is 0.442. The number of hydrogen-bond acceptors (Lipinski definition) is 4. The Balaban J connectivity index is 3.20. The summed E-state index contributed by atoms with van der Waals surface area (Å²) in [6.45, 7) is 1.64. The van der Waals surface area contributed by atoms with Gasteiger partial charge in [-0.3, -0.25) is 0 Å². The Kier molecular flexibility index (Phi) is 1.03. The predicted molar refractivity (Wildman–Crippen MR) is 22.9 cm³/mol. The minimum absolute atomic E-state index is 0.0856.